The summed E-state index contributed by atoms with van der Waals surface area (Å²) in [6.07, 6.45) is 13.5. The molecular weight excluding hydrogens is 152 g/mol. The minimum Gasteiger partial charge on any atom is -0.179 e. The van der Waals surface area contributed by atoms with Crippen LogP contribution in [-0.4, -0.2) is 5.75 Å². The van der Waals surface area contributed by atoms with Gasteiger partial charge in [-0.2, -0.15) is 12.6 Å². The predicted octanol–water partition coefficient (Wildman–Crippen LogP) is 3.61. The molecule has 0 fully saturated rings. The van der Waals surface area contributed by atoms with Gasteiger partial charge in [0.15, 0.2) is 0 Å². The van der Waals surface area contributed by atoms with E-state index in [1.165, 1.54) is 12.8 Å². The van der Waals surface area contributed by atoms with Gasteiger partial charge in [-0.15, -0.1) is 0 Å². The molecule has 0 heterocycles. The van der Waals surface area contributed by atoms with E-state index in [9.17, 15) is 0 Å². The Balaban J connectivity index is 3.11. The van der Waals surface area contributed by atoms with Crippen LogP contribution in [0.4, 0.5) is 0 Å². The first-order valence-corrected chi connectivity index (χ1v) is 4.96. The Morgan fingerprint density at radius 1 is 1.00 bits per heavy atom. The van der Waals surface area contributed by atoms with Gasteiger partial charge in [0.2, 0.25) is 0 Å². The summed E-state index contributed by atoms with van der Waals surface area (Å²) >= 11 is 4.11. The maximum absolute atomic E-state index is 4.11. The summed E-state index contributed by atoms with van der Waals surface area (Å²) in [5, 5.41) is 0. The normalized spacial score (nSPS) is 11.8. The molecule has 0 amide bonds. The lowest BCUT2D eigenvalue weighted by Crippen LogP contribution is -1.66. The molecule has 0 aliphatic rings. The maximum Gasteiger partial charge on any atom is -0.00633 e. The quantitative estimate of drug-likeness (QED) is 0.457. The molecule has 0 aromatic carbocycles. The van der Waals surface area contributed by atoms with Crippen LogP contribution < -0.4 is 0 Å². The van der Waals surface area contributed by atoms with Crippen LogP contribution in [-0.2, 0) is 0 Å². The van der Waals surface area contributed by atoms with Gasteiger partial charge in [-0.05, 0) is 25.0 Å². The molecule has 0 aromatic rings. The number of rotatable bonds is 6. The standard InChI is InChI=1S/C10H18S/c1-2-3-4-5-6-7-8-9-10-11/h4-5,7-8,11H,2-3,6,9-10H2,1H3. The van der Waals surface area contributed by atoms with Crippen LogP contribution in [0.2, 0.25) is 0 Å². The van der Waals surface area contributed by atoms with Crippen molar-refractivity contribution in [2.75, 3.05) is 5.75 Å². The molecule has 0 rings (SSSR count). The molecule has 0 aliphatic heterocycles. The lowest BCUT2D eigenvalue weighted by Gasteiger charge is -1.84. The Bertz CT molecular complexity index is 100. The Labute approximate surface area is 75.8 Å². The number of unbranched alkanes of at least 4 members (excludes halogenated alkanes) is 1. The van der Waals surface area contributed by atoms with E-state index >= 15 is 0 Å². The fourth-order valence-electron chi connectivity index (χ4n) is 0.748. The van der Waals surface area contributed by atoms with Crippen molar-refractivity contribution in [1.82, 2.24) is 0 Å². The topological polar surface area (TPSA) is 0 Å². The molecule has 0 N–H and O–H groups in total. The van der Waals surface area contributed by atoms with E-state index in [-0.39, 0.29) is 0 Å². The zero-order valence-corrected chi connectivity index (χ0v) is 8.19. The zero-order chi connectivity index (χ0) is 8.36. The van der Waals surface area contributed by atoms with Crippen molar-refractivity contribution in [3.63, 3.8) is 0 Å². The van der Waals surface area contributed by atoms with Crippen LogP contribution in [0.1, 0.15) is 32.6 Å². The maximum atomic E-state index is 4.11. The lowest BCUT2D eigenvalue weighted by molar-refractivity contribution is 0.954. The lowest BCUT2D eigenvalue weighted by atomic mass is 10.2. The second kappa shape index (κ2) is 9.83. The van der Waals surface area contributed by atoms with Crippen LogP contribution in [0.5, 0.6) is 0 Å². The molecule has 0 nitrogen and oxygen atoms in total. The van der Waals surface area contributed by atoms with Crippen molar-refractivity contribution < 1.29 is 0 Å². The Morgan fingerprint density at radius 2 is 1.64 bits per heavy atom. The van der Waals surface area contributed by atoms with E-state index < -0.39 is 0 Å². The molecule has 0 saturated carbocycles. The molecule has 0 aliphatic carbocycles. The summed E-state index contributed by atoms with van der Waals surface area (Å²) in [6.45, 7) is 2.20. The Hall–Kier alpha value is -0.170. The van der Waals surface area contributed by atoms with Crippen molar-refractivity contribution >= 4 is 12.6 Å². The summed E-state index contributed by atoms with van der Waals surface area (Å²) in [5.41, 5.74) is 0. The van der Waals surface area contributed by atoms with Crippen LogP contribution in [0.25, 0.3) is 0 Å². The molecule has 0 spiro atoms. The van der Waals surface area contributed by atoms with Gasteiger partial charge in [-0.3, -0.25) is 0 Å². The zero-order valence-electron chi connectivity index (χ0n) is 7.29. The minimum atomic E-state index is 0.954. The number of thiol groups is 1. The number of hydrogen-bond acceptors (Lipinski definition) is 1. The summed E-state index contributed by atoms with van der Waals surface area (Å²) < 4.78 is 0. The van der Waals surface area contributed by atoms with E-state index in [4.69, 9.17) is 0 Å². The van der Waals surface area contributed by atoms with Gasteiger partial charge in [-0.25, -0.2) is 0 Å². The third-order valence-corrected chi connectivity index (χ3v) is 1.61. The highest BCUT2D eigenvalue weighted by Gasteiger charge is 1.74. The van der Waals surface area contributed by atoms with Crippen molar-refractivity contribution in [2.45, 2.75) is 32.6 Å². The summed E-state index contributed by atoms with van der Waals surface area (Å²) in [5.74, 6) is 0.954. The average molecular weight is 170 g/mol. The van der Waals surface area contributed by atoms with Gasteiger partial charge in [-0.1, -0.05) is 37.6 Å². The second-order valence-electron chi connectivity index (χ2n) is 2.48. The van der Waals surface area contributed by atoms with Gasteiger partial charge in [0.05, 0.1) is 0 Å². The van der Waals surface area contributed by atoms with E-state index in [1.54, 1.807) is 0 Å². The molecule has 0 saturated heterocycles. The average Bonchev–Trinajstić information content (AvgIpc) is 2.03. The van der Waals surface area contributed by atoms with Gasteiger partial charge < -0.3 is 0 Å². The Morgan fingerprint density at radius 3 is 2.18 bits per heavy atom. The van der Waals surface area contributed by atoms with Crippen molar-refractivity contribution in [3.8, 4) is 0 Å². The van der Waals surface area contributed by atoms with Crippen LogP contribution in [0.3, 0.4) is 0 Å². The van der Waals surface area contributed by atoms with E-state index in [1.807, 2.05) is 0 Å². The number of hydrogen-bond donors (Lipinski definition) is 1. The first-order valence-electron chi connectivity index (χ1n) is 4.32. The highest BCUT2D eigenvalue weighted by molar-refractivity contribution is 7.80. The molecule has 64 valence electrons. The van der Waals surface area contributed by atoms with Crippen LogP contribution >= 0.6 is 12.6 Å². The van der Waals surface area contributed by atoms with Crippen molar-refractivity contribution in [1.29, 1.82) is 0 Å². The highest BCUT2D eigenvalue weighted by atomic mass is 32.1. The molecule has 1 heteroatoms. The molecule has 0 bridgehead atoms. The van der Waals surface area contributed by atoms with Gasteiger partial charge >= 0.3 is 0 Å². The van der Waals surface area contributed by atoms with Crippen LogP contribution in [0.15, 0.2) is 24.3 Å². The SMILES string of the molecule is CCCC=CCC=CCCS. The van der Waals surface area contributed by atoms with Crippen molar-refractivity contribution in [2.24, 2.45) is 0 Å². The third kappa shape index (κ3) is 9.83. The first-order chi connectivity index (χ1) is 5.41. The smallest absolute Gasteiger partial charge is 0.00633 e. The molecule has 0 atom stereocenters. The second-order valence-corrected chi connectivity index (χ2v) is 2.93. The van der Waals surface area contributed by atoms with E-state index in [2.05, 4.69) is 43.9 Å². The minimum absolute atomic E-state index is 0.954. The molecular formula is C10H18S. The van der Waals surface area contributed by atoms with Crippen LogP contribution in [0, 0.1) is 0 Å². The fourth-order valence-corrected chi connectivity index (χ4v) is 0.897. The van der Waals surface area contributed by atoms with Crippen molar-refractivity contribution in [3.05, 3.63) is 24.3 Å². The summed E-state index contributed by atoms with van der Waals surface area (Å²) in [4.78, 5) is 0. The van der Waals surface area contributed by atoms with E-state index in [0.717, 1.165) is 18.6 Å². The van der Waals surface area contributed by atoms with Gasteiger partial charge in [0, 0.05) is 0 Å². The monoisotopic (exact) mass is 170 g/mol. The third-order valence-electron chi connectivity index (χ3n) is 1.36. The molecule has 0 aromatic heterocycles. The summed E-state index contributed by atoms with van der Waals surface area (Å²) in [6, 6.07) is 0. The van der Waals surface area contributed by atoms with E-state index in [0.29, 0.717) is 0 Å². The predicted molar refractivity (Wildman–Crippen MR) is 56.3 cm³/mol. The molecule has 0 radical (unpaired) electrons. The molecule has 11 heavy (non-hydrogen) atoms. The number of allylic oxidation sites excluding steroid dienone is 4. The van der Waals surface area contributed by atoms with Gasteiger partial charge in [0.25, 0.3) is 0 Å². The largest absolute Gasteiger partial charge is 0.179 e. The molecule has 0 unspecified atom stereocenters. The highest BCUT2D eigenvalue weighted by Crippen LogP contribution is 1.93. The fraction of sp³-hybridized carbons (Fsp3) is 0.600. The first kappa shape index (κ1) is 10.8. The Kier molecular flexibility index (Phi) is 9.68. The van der Waals surface area contributed by atoms with Gasteiger partial charge in [0.1, 0.15) is 0 Å². The summed E-state index contributed by atoms with van der Waals surface area (Å²) in [7, 11) is 0.